The molecule has 0 atom stereocenters. The minimum absolute atomic E-state index is 0.00229. The summed E-state index contributed by atoms with van der Waals surface area (Å²) in [7, 11) is 0. The van der Waals surface area contributed by atoms with E-state index in [9.17, 15) is 20.0 Å². The van der Waals surface area contributed by atoms with Crippen LogP contribution >= 0.6 is 12.2 Å². The van der Waals surface area contributed by atoms with Crippen LogP contribution in [-0.2, 0) is 5.41 Å². The Kier molecular flexibility index (Phi) is 4.60. The second kappa shape index (κ2) is 6.32. The summed E-state index contributed by atoms with van der Waals surface area (Å²) in [6.45, 7) is 5.47. The molecule has 0 saturated heterocycles. The Hall–Kier alpha value is -2.88. The van der Waals surface area contributed by atoms with Gasteiger partial charge in [-0.2, -0.15) is 14.9 Å². The molecule has 10 heteroatoms. The SMILES string of the molecule is CC(C)(C)c1n[nH]c(=S)n(/N=C\c2ccc(O)c([N+](=O)[O-])c2)c1=O. The summed E-state index contributed by atoms with van der Waals surface area (Å²) in [6.07, 6.45) is 1.24. The molecule has 1 aromatic carbocycles. The van der Waals surface area contributed by atoms with Crippen LogP contribution in [-0.4, -0.2) is 31.1 Å². The predicted molar refractivity (Wildman–Crippen MR) is 90.1 cm³/mol. The average molecular weight is 349 g/mol. The molecule has 126 valence electrons. The summed E-state index contributed by atoms with van der Waals surface area (Å²) in [5, 5.41) is 30.8. The predicted octanol–water partition coefficient (Wildman–Crippen LogP) is 2.09. The third-order valence-corrected chi connectivity index (χ3v) is 3.34. The van der Waals surface area contributed by atoms with E-state index in [1.807, 2.05) is 20.8 Å². The number of aromatic nitrogens is 3. The lowest BCUT2D eigenvalue weighted by Crippen LogP contribution is -2.32. The lowest BCUT2D eigenvalue weighted by atomic mass is 9.93. The number of aromatic amines is 1. The Morgan fingerprint density at radius 3 is 2.71 bits per heavy atom. The van der Waals surface area contributed by atoms with Gasteiger partial charge in [0.1, 0.15) is 5.69 Å². The topological polar surface area (TPSA) is 126 Å². The van der Waals surface area contributed by atoms with Gasteiger partial charge in [-0.05, 0) is 24.4 Å². The van der Waals surface area contributed by atoms with E-state index in [2.05, 4.69) is 15.3 Å². The zero-order chi connectivity index (χ0) is 18.1. The lowest BCUT2D eigenvalue weighted by molar-refractivity contribution is -0.385. The van der Waals surface area contributed by atoms with Crippen LogP contribution < -0.4 is 5.56 Å². The van der Waals surface area contributed by atoms with Gasteiger partial charge in [0.25, 0.3) is 5.56 Å². The first-order valence-corrected chi connectivity index (χ1v) is 7.26. The number of nitro benzene ring substituents is 1. The van der Waals surface area contributed by atoms with E-state index in [0.29, 0.717) is 5.56 Å². The zero-order valence-electron chi connectivity index (χ0n) is 13.2. The molecule has 0 unspecified atom stereocenters. The van der Waals surface area contributed by atoms with Gasteiger partial charge in [0.15, 0.2) is 5.75 Å². The number of nitrogens with zero attached hydrogens (tertiary/aromatic N) is 4. The monoisotopic (exact) mass is 349 g/mol. The highest BCUT2D eigenvalue weighted by molar-refractivity contribution is 7.71. The van der Waals surface area contributed by atoms with Crippen molar-refractivity contribution in [2.45, 2.75) is 26.2 Å². The van der Waals surface area contributed by atoms with Crippen molar-refractivity contribution in [2.75, 3.05) is 0 Å². The van der Waals surface area contributed by atoms with E-state index in [1.54, 1.807) is 0 Å². The Balaban J connectivity index is 2.51. The summed E-state index contributed by atoms with van der Waals surface area (Å²) < 4.78 is 0.958. The maximum atomic E-state index is 12.4. The zero-order valence-corrected chi connectivity index (χ0v) is 14.0. The van der Waals surface area contributed by atoms with Gasteiger partial charge in [-0.25, -0.2) is 0 Å². The van der Waals surface area contributed by atoms with Crippen molar-refractivity contribution in [2.24, 2.45) is 5.10 Å². The molecule has 0 fully saturated rings. The number of nitrogens with one attached hydrogen (secondary N) is 1. The Morgan fingerprint density at radius 1 is 1.46 bits per heavy atom. The molecule has 24 heavy (non-hydrogen) atoms. The first-order valence-electron chi connectivity index (χ1n) is 6.85. The summed E-state index contributed by atoms with van der Waals surface area (Å²) in [4.78, 5) is 22.6. The summed E-state index contributed by atoms with van der Waals surface area (Å²) in [6, 6.07) is 3.74. The van der Waals surface area contributed by atoms with Crippen molar-refractivity contribution in [3.8, 4) is 5.75 Å². The van der Waals surface area contributed by atoms with E-state index in [1.165, 1.54) is 18.3 Å². The molecular formula is C14H15N5O4S. The molecule has 0 aliphatic rings. The number of hydrogen-bond acceptors (Lipinski definition) is 7. The van der Waals surface area contributed by atoms with Gasteiger partial charge in [0, 0.05) is 17.0 Å². The Bertz CT molecular complexity index is 939. The van der Waals surface area contributed by atoms with Gasteiger partial charge in [-0.3, -0.25) is 20.0 Å². The molecule has 1 heterocycles. The molecule has 0 aliphatic carbocycles. The fourth-order valence-corrected chi connectivity index (χ4v) is 2.05. The van der Waals surface area contributed by atoms with Gasteiger partial charge >= 0.3 is 5.69 Å². The van der Waals surface area contributed by atoms with E-state index in [0.717, 1.165) is 10.7 Å². The van der Waals surface area contributed by atoms with E-state index < -0.39 is 27.3 Å². The molecule has 1 aromatic heterocycles. The Labute approximate surface area is 141 Å². The molecule has 2 aromatic rings. The molecule has 0 bridgehead atoms. The number of nitro groups is 1. The fraction of sp³-hybridized carbons (Fsp3) is 0.286. The molecule has 0 radical (unpaired) electrons. The number of aromatic hydroxyl groups is 1. The highest BCUT2D eigenvalue weighted by Crippen LogP contribution is 2.25. The number of benzene rings is 1. The molecule has 9 nitrogen and oxygen atoms in total. The average Bonchev–Trinajstić information content (AvgIpc) is 2.46. The van der Waals surface area contributed by atoms with E-state index in [4.69, 9.17) is 12.2 Å². The maximum absolute atomic E-state index is 12.4. The third kappa shape index (κ3) is 3.54. The fourth-order valence-electron chi connectivity index (χ4n) is 1.88. The molecule has 0 amide bonds. The number of hydrogen-bond donors (Lipinski definition) is 2. The first kappa shape index (κ1) is 17.5. The Morgan fingerprint density at radius 2 is 2.12 bits per heavy atom. The van der Waals surface area contributed by atoms with Gasteiger partial charge in [-0.1, -0.05) is 20.8 Å². The first-order chi connectivity index (χ1) is 11.1. The normalized spacial score (nSPS) is 11.8. The van der Waals surface area contributed by atoms with Crippen molar-refractivity contribution < 1.29 is 10.0 Å². The molecule has 0 aliphatic heterocycles. The van der Waals surface area contributed by atoms with Crippen LogP contribution in [0.3, 0.4) is 0 Å². The quantitative estimate of drug-likeness (QED) is 0.378. The van der Waals surface area contributed by atoms with Crippen LogP contribution in [0.5, 0.6) is 5.75 Å². The molecule has 0 spiro atoms. The summed E-state index contributed by atoms with van der Waals surface area (Å²) in [5.41, 5.74) is -0.859. The van der Waals surface area contributed by atoms with Gasteiger partial charge in [0.2, 0.25) is 4.77 Å². The van der Waals surface area contributed by atoms with E-state index >= 15 is 0 Å². The van der Waals surface area contributed by atoms with Crippen LogP contribution in [0.15, 0.2) is 28.1 Å². The lowest BCUT2D eigenvalue weighted by Gasteiger charge is -2.16. The largest absolute Gasteiger partial charge is 0.502 e. The van der Waals surface area contributed by atoms with Crippen LogP contribution in [0.2, 0.25) is 0 Å². The van der Waals surface area contributed by atoms with Crippen molar-refractivity contribution >= 4 is 24.1 Å². The molecule has 2 rings (SSSR count). The number of rotatable bonds is 3. The third-order valence-electron chi connectivity index (χ3n) is 3.08. The van der Waals surface area contributed by atoms with Crippen LogP contribution in [0.4, 0.5) is 5.69 Å². The molecule has 2 N–H and O–H groups in total. The molecule has 0 saturated carbocycles. The van der Waals surface area contributed by atoms with Gasteiger partial charge in [0.05, 0.1) is 11.1 Å². The van der Waals surface area contributed by atoms with Gasteiger partial charge in [-0.15, -0.1) is 0 Å². The second-order valence-electron chi connectivity index (χ2n) is 5.99. The van der Waals surface area contributed by atoms with Crippen LogP contribution in [0, 0.1) is 14.9 Å². The van der Waals surface area contributed by atoms with Crippen molar-refractivity contribution in [3.63, 3.8) is 0 Å². The van der Waals surface area contributed by atoms with E-state index in [-0.39, 0.29) is 10.5 Å². The number of phenols is 1. The highest BCUT2D eigenvalue weighted by atomic mass is 32.1. The van der Waals surface area contributed by atoms with Crippen molar-refractivity contribution in [1.29, 1.82) is 0 Å². The van der Waals surface area contributed by atoms with Crippen LogP contribution in [0.1, 0.15) is 32.0 Å². The summed E-state index contributed by atoms with van der Waals surface area (Å²) in [5.74, 6) is -0.453. The summed E-state index contributed by atoms with van der Waals surface area (Å²) >= 11 is 5.01. The standard InChI is InChI=1S/C14H15N5O4S/c1-14(2,3)11-12(21)18(13(24)17-16-11)15-7-8-4-5-10(20)9(6-8)19(22)23/h4-7,20H,1-3H3,(H,17,24)/b15-7-. The van der Waals surface area contributed by atoms with Gasteiger partial charge < -0.3 is 5.11 Å². The van der Waals surface area contributed by atoms with Crippen molar-refractivity contribution in [1.82, 2.24) is 14.9 Å². The number of phenolic OH excluding ortho intramolecular Hbond substituents is 1. The maximum Gasteiger partial charge on any atom is 0.311 e. The van der Waals surface area contributed by atoms with Crippen molar-refractivity contribution in [3.05, 3.63) is 54.7 Å². The minimum Gasteiger partial charge on any atom is -0.502 e. The number of H-pyrrole nitrogens is 1. The second-order valence-corrected chi connectivity index (χ2v) is 6.38. The smallest absolute Gasteiger partial charge is 0.311 e. The highest BCUT2D eigenvalue weighted by Gasteiger charge is 2.21. The molecular weight excluding hydrogens is 334 g/mol. The van der Waals surface area contributed by atoms with Crippen LogP contribution in [0.25, 0.3) is 0 Å². The minimum atomic E-state index is -0.713.